The highest BCUT2D eigenvalue weighted by Crippen LogP contribution is 2.45. The van der Waals surface area contributed by atoms with E-state index in [9.17, 15) is 14.7 Å². The lowest BCUT2D eigenvalue weighted by molar-refractivity contribution is 0.0695. The molecule has 8 heteroatoms. The van der Waals surface area contributed by atoms with Crippen LogP contribution in [0.3, 0.4) is 0 Å². The SMILES string of the molecule is CN1CC2CCCC1(C)CN2c1c(F)cc2c(=O)c(C(=O)O)cn(C3CC3)c2c1Cl. The molecule has 2 unspecified atom stereocenters. The molecule has 4 aliphatic rings. The molecule has 0 radical (unpaired) electrons. The number of likely N-dealkylation sites (N-methyl/N-ethyl adjacent to an activating group) is 1. The molecule has 4 heterocycles. The van der Waals surface area contributed by atoms with Crippen LogP contribution in [0.15, 0.2) is 17.1 Å². The molecule has 1 aliphatic carbocycles. The molecule has 6 nitrogen and oxygen atoms in total. The number of benzene rings is 1. The first-order valence-electron chi connectivity index (χ1n) is 10.5. The summed E-state index contributed by atoms with van der Waals surface area (Å²) in [5.74, 6) is -1.87. The molecule has 30 heavy (non-hydrogen) atoms. The van der Waals surface area contributed by atoms with E-state index in [0.717, 1.165) is 38.6 Å². The van der Waals surface area contributed by atoms with E-state index >= 15 is 4.39 Å². The predicted octanol–water partition coefficient (Wildman–Crippen LogP) is 3.89. The molecule has 160 valence electrons. The second-order valence-electron chi connectivity index (χ2n) is 9.28. The maximum absolute atomic E-state index is 15.5. The van der Waals surface area contributed by atoms with Crippen LogP contribution in [0.2, 0.25) is 5.02 Å². The summed E-state index contributed by atoms with van der Waals surface area (Å²) in [6.45, 7) is 3.70. The summed E-state index contributed by atoms with van der Waals surface area (Å²) in [6, 6.07) is 1.43. The van der Waals surface area contributed by atoms with Crippen LogP contribution in [0.4, 0.5) is 10.1 Å². The van der Waals surface area contributed by atoms with Gasteiger partial charge in [-0.1, -0.05) is 11.6 Å². The zero-order valence-electron chi connectivity index (χ0n) is 17.1. The minimum absolute atomic E-state index is 0.0383. The third-order valence-electron chi connectivity index (χ3n) is 7.25. The van der Waals surface area contributed by atoms with Gasteiger partial charge in [0.05, 0.1) is 21.6 Å². The van der Waals surface area contributed by atoms with Gasteiger partial charge in [-0.05, 0) is 52.1 Å². The number of aromatic carboxylic acids is 1. The second-order valence-corrected chi connectivity index (χ2v) is 9.66. The van der Waals surface area contributed by atoms with Crippen molar-refractivity contribution in [3.05, 3.63) is 38.9 Å². The highest BCUT2D eigenvalue weighted by molar-refractivity contribution is 6.38. The van der Waals surface area contributed by atoms with E-state index in [1.807, 2.05) is 0 Å². The van der Waals surface area contributed by atoms with Gasteiger partial charge in [-0.25, -0.2) is 9.18 Å². The largest absolute Gasteiger partial charge is 0.477 e. The fourth-order valence-electron chi connectivity index (χ4n) is 5.24. The zero-order chi connectivity index (χ0) is 21.4. The lowest BCUT2D eigenvalue weighted by Gasteiger charge is -2.50. The van der Waals surface area contributed by atoms with Gasteiger partial charge in [-0.2, -0.15) is 0 Å². The Balaban J connectivity index is 1.75. The van der Waals surface area contributed by atoms with Crippen molar-refractivity contribution in [1.29, 1.82) is 0 Å². The van der Waals surface area contributed by atoms with Crippen molar-refractivity contribution in [3.63, 3.8) is 0 Å². The van der Waals surface area contributed by atoms with Crippen molar-refractivity contribution >= 4 is 34.2 Å². The Hall–Kier alpha value is -2.12. The third-order valence-corrected chi connectivity index (χ3v) is 7.61. The standard InChI is InChI=1S/C22H25ClFN3O3/c1-22-7-3-4-13(9-25(22)2)27(11-22)19-16(24)8-14-18(17(19)23)26(12-5-6-12)10-15(20(14)28)21(29)30/h8,10,12-13H,3-7,9,11H2,1-2H3,(H,29,30). The van der Waals surface area contributed by atoms with Gasteiger partial charge in [0, 0.05) is 36.9 Å². The van der Waals surface area contributed by atoms with Crippen molar-refractivity contribution < 1.29 is 14.3 Å². The minimum Gasteiger partial charge on any atom is -0.477 e. The first-order chi connectivity index (χ1) is 14.2. The quantitative estimate of drug-likeness (QED) is 0.795. The summed E-state index contributed by atoms with van der Waals surface area (Å²) in [5, 5.41) is 9.70. The number of carbonyl (C=O) groups is 1. The number of carboxylic acids is 1. The fraction of sp³-hybridized carbons (Fsp3) is 0.545. The number of rotatable bonds is 3. The Kier molecular flexibility index (Phi) is 4.42. The Morgan fingerprint density at radius 3 is 2.70 bits per heavy atom. The van der Waals surface area contributed by atoms with Crippen LogP contribution >= 0.6 is 11.6 Å². The van der Waals surface area contributed by atoms with Gasteiger partial charge in [-0.3, -0.25) is 9.69 Å². The van der Waals surface area contributed by atoms with Crippen LogP contribution in [0.25, 0.3) is 10.9 Å². The van der Waals surface area contributed by atoms with E-state index in [1.165, 1.54) is 12.3 Å². The molecule has 2 aromatic rings. The Labute approximate surface area is 178 Å². The zero-order valence-corrected chi connectivity index (χ0v) is 17.9. The molecule has 4 fully saturated rings. The van der Waals surface area contributed by atoms with Gasteiger partial charge in [0.25, 0.3) is 0 Å². The topological polar surface area (TPSA) is 65.8 Å². The Bertz CT molecular complexity index is 1130. The lowest BCUT2D eigenvalue weighted by Crippen LogP contribution is -2.61. The number of piperazine rings is 1. The first kappa shape index (κ1) is 19.8. The summed E-state index contributed by atoms with van der Waals surface area (Å²) in [7, 11) is 2.12. The number of pyridine rings is 1. The molecular formula is C22H25ClFN3O3. The van der Waals surface area contributed by atoms with Gasteiger partial charge < -0.3 is 14.6 Å². The average Bonchev–Trinajstić information content (AvgIpc) is 3.52. The number of hydrogen-bond acceptors (Lipinski definition) is 4. The van der Waals surface area contributed by atoms with Gasteiger partial charge >= 0.3 is 5.97 Å². The summed E-state index contributed by atoms with van der Waals surface area (Å²) in [4.78, 5) is 28.8. The van der Waals surface area contributed by atoms with E-state index in [-0.39, 0.29) is 33.6 Å². The fourth-order valence-corrected chi connectivity index (χ4v) is 5.64. The molecule has 2 atom stereocenters. The van der Waals surface area contributed by atoms with Crippen molar-refractivity contribution in [3.8, 4) is 0 Å². The lowest BCUT2D eigenvalue weighted by atomic mass is 9.93. The van der Waals surface area contributed by atoms with E-state index in [1.54, 1.807) is 4.57 Å². The number of anilines is 1. The summed E-state index contributed by atoms with van der Waals surface area (Å²) in [6.07, 6.45) is 6.22. The van der Waals surface area contributed by atoms with Gasteiger partial charge in [0.15, 0.2) is 0 Å². The summed E-state index contributed by atoms with van der Waals surface area (Å²) in [5.41, 5.74) is -0.316. The molecule has 1 saturated carbocycles. The van der Waals surface area contributed by atoms with Crippen LogP contribution in [0.1, 0.15) is 55.4 Å². The molecule has 3 saturated heterocycles. The minimum atomic E-state index is -1.31. The Morgan fingerprint density at radius 1 is 1.30 bits per heavy atom. The number of hydrogen-bond donors (Lipinski definition) is 1. The van der Waals surface area contributed by atoms with Gasteiger partial charge in [0.1, 0.15) is 11.4 Å². The number of halogens is 2. The molecule has 1 aromatic carbocycles. The number of nitrogens with zero attached hydrogens (tertiary/aromatic N) is 3. The molecule has 1 N–H and O–H groups in total. The monoisotopic (exact) mass is 433 g/mol. The highest BCUT2D eigenvalue weighted by Gasteiger charge is 2.44. The van der Waals surface area contributed by atoms with E-state index in [4.69, 9.17) is 11.6 Å². The van der Waals surface area contributed by atoms with E-state index in [0.29, 0.717) is 17.7 Å². The second kappa shape index (κ2) is 6.69. The van der Waals surface area contributed by atoms with Crippen molar-refractivity contribution in [2.75, 3.05) is 25.0 Å². The normalized spacial score (nSPS) is 26.9. The summed E-state index contributed by atoms with van der Waals surface area (Å²) < 4.78 is 17.2. The molecule has 0 amide bonds. The molecule has 0 spiro atoms. The van der Waals surface area contributed by atoms with E-state index in [2.05, 4.69) is 23.8 Å². The van der Waals surface area contributed by atoms with Crippen LogP contribution in [0.5, 0.6) is 0 Å². The predicted molar refractivity (Wildman–Crippen MR) is 114 cm³/mol. The van der Waals surface area contributed by atoms with Crippen LogP contribution in [-0.2, 0) is 0 Å². The third kappa shape index (κ3) is 2.86. The number of fused-ring (bicyclic) bond motifs is 5. The van der Waals surface area contributed by atoms with Crippen LogP contribution < -0.4 is 10.3 Å². The van der Waals surface area contributed by atoms with Crippen LogP contribution in [-0.4, -0.2) is 52.3 Å². The maximum atomic E-state index is 15.5. The Morgan fingerprint density at radius 2 is 2.03 bits per heavy atom. The van der Waals surface area contributed by atoms with Crippen molar-refractivity contribution in [2.45, 2.75) is 56.7 Å². The molecular weight excluding hydrogens is 409 g/mol. The molecule has 1 aromatic heterocycles. The van der Waals surface area contributed by atoms with Crippen molar-refractivity contribution in [1.82, 2.24) is 9.47 Å². The highest BCUT2D eigenvalue weighted by atomic mass is 35.5. The van der Waals surface area contributed by atoms with Crippen molar-refractivity contribution in [2.24, 2.45) is 0 Å². The van der Waals surface area contributed by atoms with Crippen LogP contribution in [0, 0.1) is 5.82 Å². The maximum Gasteiger partial charge on any atom is 0.341 e. The van der Waals surface area contributed by atoms with E-state index < -0.39 is 17.2 Å². The molecule has 6 rings (SSSR count). The van der Waals surface area contributed by atoms with Gasteiger partial charge in [-0.15, -0.1) is 0 Å². The molecule has 3 aliphatic heterocycles. The number of aromatic nitrogens is 1. The van der Waals surface area contributed by atoms with Gasteiger partial charge in [0.2, 0.25) is 5.43 Å². The first-order valence-corrected chi connectivity index (χ1v) is 10.9. The summed E-state index contributed by atoms with van der Waals surface area (Å²) >= 11 is 6.83. The smallest absolute Gasteiger partial charge is 0.341 e. The molecule has 2 bridgehead atoms. The number of carboxylic acid groups (broad SMARTS) is 1. The average molecular weight is 434 g/mol.